The largest absolute Gasteiger partial charge is 0.389 e. The van der Waals surface area contributed by atoms with Crippen molar-refractivity contribution in [3.05, 3.63) is 28.8 Å². The van der Waals surface area contributed by atoms with Gasteiger partial charge in [0.25, 0.3) is 15.9 Å². The lowest BCUT2D eigenvalue weighted by Crippen LogP contribution is -2.67. The van der Waals surface area contributed by atoms with Crippen molar-refractivity contribution in [1.82, 2.24) is 0 Å². The van der Waals surface area contributed by atoms with E-state index in [0.29, 0.717) is 9.87 Å². The first-order valence-corrected chi connectivity index (χ1v) is 7.52. The van der Waals surface area contributed by atoms with Gasteiger partial charge >= 0.3 is 0 Å². The first-order valence-electron chi connectivity index (χ1n) is 5.29. The molecule has 5 nitrogen and oxygen atoms in total. The minimum atomic E-state index is -3.75. The number of sulfonamides is 1. The second-order valence-electron chi connectivity index (χ2n) is 4.62. The molecular weight excluding hydrogens is 308 g/mol. The van der Waals surface area contributed by atoms with Crippen LogP contribution in [0.25, 0.3) is 0 Å². The van der Waals surface area contributed by atoms with E-state index in [1.807, 2.05) is 0 Å². The molecular formula is C11H11ClN2O3S2. The maximum Gasteiger partial charge on any atom is 0.263 e. The molecule has 0 bridgehead atoms. The molecule has 1 fully saturated rings. The number of hydrogen-bond donors (Lipinski definition) is 1. The molecule has 1 aromatic carbocycles. The predicted octanol–water partition coefficient (Wildman–Crippen LogP) is 1.43. The Morgan fingerprint density at radius 2 is 2.00 bits per heavy atom. The summed E-state index contributed by atoms with van der Waals surface area (Å²) in [5.41, 5.74) is 6.01. The van der Waals surface area contributed by atoms with Crippen molar-refractivity contribution in [3.63, 3.8) is 0 Å². The quantitative estimate of drug-likeness (QED) is 0.834. The van der Waals surface area contributed by atoms with Crippen LogP contribution in [0, 0.1) is 0 Å². The molecule has 2 rings (SSSR count). The Kier molecular flexibility index (Phi) is 3.11. The van der Waals surface area contributed by atoms with Crippen LogP contribution in [0.5, 0.6) is 0 Å². The highest BCUT2D eigenvalue weighted by Gasteiger charge is 2.61. The number of anilines is 1. The smallest absolute Gasteiger partial charge is 0.263 e. The maximum absolute atomic E-state index is 12.1. The van der Waals surface area contributed by atoms with Gasteiger partial charge in [-0.3, -0.25) is 4.79 Å². The van der Waals surface area contributed by atoms with Crippen molar-refractivity contribution in [2.75, 3.05) is 4.31 Å². The number of amides is 1. The third kappa shape index (κ3) is 1.84. The van der Waals surface area contributed by atoms with E-state index in [0.717, 1.165) is 0 Å². The highest BCUT2D eigenvalue weighted by Crippen LogP contribution is 2.42. The third-order valence-corrected chi connectivity index (χ3v) is 5.90. The fourth-order valence-electron chi connectivity index (χ4n) is 1.71. The van der Waals surface area contributed by atoms with Gasteiger partial charge in [0, 0.05) is 5.56 Å². The number of nitrogens with two attached hydrogens (primary N) is 1. The first-order chi connectivity index (χ1) is 8.60. The molecule has 0 spiro atoms. The van der Waals surface area contributed by atoms with Gasteiger partial charge in [0.05, 0.1) is 10.7 Å². The zero-order chi connectivity index (χ0) is 14.6. The van der Waals surface area contributed by atoms with Crippen molar-refractivity contribution < 1.29 is 13.2 Å². The van der Waals surface area contributed by atoms with Crippen molar-refractivity contribution >= 4 is 50.4 Å². The maximum atomic E-state index is 12.1. The highest BCUT2D eigenvalue weighted by molar-refractivity contribution is 7.98. The summed E-state index contributed by atoms with van der Waals surface area (Å²) < 4.78 is 23.5. The Morgan fingerprint density at radius 3 is 2.47 bits per heavy atom. The van der Waals surface area contributed by atoms with E-state index in [9.17, 15) is 13.2 Å². The topological polar surface area (TPSA) is 80.5 Å². The second-order valence-corrected chi connectivity index (χ2v) is 7.80. The van der Waals surface area contributed by atoms with Crippen LogP contribution in [0.2, 0.25) is 5.02 Å². The van der Waals surface area contributed by atoms with E-state index < -0.39 is 20.7 Å². The molecule has 1 heterocycles. The monoisotopic (exact) mass is 318 g/mol. The lowest BCUT2D eigenvalue weighted by atomic mass is 10.1. The molecule has 8 heteroatoms. The van der Waals surface area contributed by atoms with E-state index >= 15 is 0 Å². The fraction of sp³-hybridized carbons (Fsp3) is 0.273. The number of thiocarbonyl (C=S) groups is 1. The Morgan fingerprint density at radius 1 is 1.42 bits per heavy atom. The lowest BCUT2D eigenvalue weighted by molar-refractivity contribution is -0.120. The van der Waals surface area contributed by atoms with Gasteiger partial charge in [0.1, 0.15) is 4.99 Å². The van der Waals surface area contributed by atoms with Crippen LogP contribution in [-0.4, -0.2) is 24.1 Å². The summed E-state index contributed by atoms with van der Waals surface area (Å²) in [4.78, 5) is 12.1. The van der Waals surface area contributed by atoms with Crippen molar-refractivity contribution in [2.24, 2.45) is 5.73 Å². The van der Waals surface area contributed by atoms with Crippen molar-refractivity contribution in [1.29, 1.82) is 0 Å². The number of rotatable bonds is 2. The molecule has 1 aromatic rings. The molecule has 0 unspecified atom stereocenters. The summed E-state index contributed by atoms with van der Waals surface area (Å²) in [7, 11) is -3.75. The zero-order valence-electron chi connectivity index (χ0n) is 10.2. The molecule has 1 aliphatic rings. The molecule has 0 saturated carbocycles. The van der Waals surface area contributed by atoms with Crippen molar-refractivity contribution in [3.8, 4) is 0 Å². The molecule has 19 heavy (non-hydrogen) atoms. The Bertz CT molecular complexity index is 698. The van der Waals surface area contributed by atoms with Gasteiger partial charge in [-0.15, -0.1) is 0 Å². The molecule has 1 saturated heterocycles. The van der Waals surface area contributed by atoms with Gasteiger partial charge in [-0.1, -0.05) is 29.9 Å². The van der Waals surface area contributed by atoms with Crippen LogP contribution in [0.15, 0.2) is 18.2 Å². The molecule has 1 amide bonds. The number of carbonyl (C=O) groups is 1. The van der Waals surface area contributed by atoms with Gasteiger partial charge in [-0.05, 0) is 26.0 Å². The number of hydrogen-bond acceptors (Lipinski definition) is 4. The molecule has 1 aliphatic heterocycles. The predicted molar refractivity (Wildman–Crippen MR) is 77.8 cm³/mol. The van der Waals surface area contributed by atoms with Gasteiger partial charge in [-0.25, -0.2) is 12.7 Å². The number of nitrogens with zero attached hydrogens (tertiary/aromatic N) is 1. The normalized spacial score (nSPS) is 19.9. The lowest BCUT2D eigenvalue weighted by Gasteiger charge is -2.43. The van der Waals surface area contributed by atoms with Crippen LogP contribution in [-0.2, 0) is 14.8 Å². The summed E-state index contributed by atoms with van der Waals surface area (Å²) in [6, 6.07) is 4.42. The van der Waals surface area contributed by atoms with E-state index in [1.165, 1.54) is 26.0 Å². The van der Waals surface area contributed by atoms with Gasteiger partial charge in [0.15, 0.2) is 4.75 Å². The fourth-order valence-corrected chi connectivity index (χ4v) is 3.59. The van der Waals surface area contributed by atoms with Crippen LogP contribution in [0.4, 0.5) is 5.69 Å². The Balaban J connectivity index is 2.59. The summed E-state index contributed by atoms with van der Waals surface area (Å²) in [5, 5.41) is 0.146. The number of benzene rings is 1. The first kappa shape index (κ1) is 14.2. The van der Waals surface area contributed by atoms with Crippen molar-refractivity contribution in [2.45, 2.75) is 18.6 Å². The van der Waals surface area contributed by atoms with E-state index in [-0.39, 0.29) is 15.7 Å². The molecule has 0 radical (unpaired) electrons. The van der Waals surface area contributed by atoms with Gasteiger partial charge in [0.2, 0.25) is 0 Å². The SMILES string of the molecule is CC1(C)C(=O)N(c2cc(C(N)=S)ccc2Cl)S1(=O)=O. The molecule has 102 valence electrons. The van der Waals surface area contributed by atoms with E-state index in [1.54, 1.807) is 6.07 Å². The summed E-state index contributed by atoms with van der Waals surface area (Å²) in [6.45, 7) is 2.71. The van der Waals surface area contributed by atoms with Crippen LogP contribution < -0.4 is 10.0 Å². The minimum absolute atomic E-state index is 0.0799. The molecule has 0 aromatic heterocycles. The van der Waals surface area contributed by atoms with Crippen LogP contribution >= 0.6 is 23.8 Å². The third-order valence-electron chi connectivity index (χ3n) is 3.03. The Hall–Kier alpha value is -1.18. The van der Waals surface area contributed by atoms with Crippen LogP contribution in [0.1, 0.15) is 19.4 Å². The average Bonchev–Trinajstić information content (AvgIpc) is 2.30. The molecule has 0 aliphatic carbocycles. The highest BCUT2D eigenvalue weighted by atomic mass is 35.5. The molecule has 0 atom stereocenters. The zero-order valence-corrected chi connectivity index (χ0v) is 12.6. The van der Waals surface area contributed by atoms with Crippen LogP contribution in [0.3, 0.4) is 0 Å². The standard InChI is InChI=1S/C11H11ClN2O3S2/c1-11(2)10(15)14(19(11,16)17)8-5-6(9(13)18)3-4-7(8)12/h3-5H,1-2H3,(H2,13,18). The Labute approximate surface area is 121 Å². The van der Waals surface area contributed by atoms with E-state index in [4.69, 9.17) is 29.6 Å². The summed E-state index contributed by atoms with van der Waals surface area (Å²) in [5.74, 6) is -0.533. The van der Waals surface area contributed by atoms with Gasteiger partial charge < -0.3 is 5.73 Å². The summed E-state index contributed by atoms with van der Waals surface area (Å²) in [6.07, 6.45) is 0. The van der Waals surface area contributed by atoms with Gasteiger partial charge in [-0.2, -0.15) is 0 Å². The van der Waals surface area contributed by atoms with E-state index in [2.05, 4.69) is 0 Å². The molecule has 2 N–H and O–H groups in total. The number of halogens is 1. The summed E-state index contributed by atoms with van der Waals surface area (Å²) >= 11 is 10.8. The number of carbonyl (C=O) groups excluding carboxylic acids is 1. The second kappa shape index (κ2) is 4.16. The minimum Gasteiger partial charge on any atom is -0.389 e. The average molecular weight is 319 g/mol.